The molecular formula is C22H29N3O4. The lowest BCUT2D eigenvalue weighted by molar-refractivity contribution is -0.152. The zero-order valence-corrected chi connectivity index (χ0v) is 17.0. The van der Waals surface area contributed by atoms with Crippen molar-refractivity contribution in [3.63, 3.8) is 0 Å². The van der Waals surface area contributed by atoms with Crippen LogP contribution in [0.1, 0.15) is 50.4 Å². The number of hydrogen-bond donors (Lipinski definition) is 3. The number of hydrazine groups is 1. The fourth-order valence-corrected chi connectivity index (χ4v) is 3.11. The van der Waals surface area contributed by atoms with Crippen LogP contribution in [0.15, 0.2) is 42.6 Å². The first-order valence-corrected chi connectivity index (χ1v) is 10.0. The molecule has 0 saturated carbocycles. The maximum atomic E-state index is 11.2. The molecule has 1 aliphatic rings. The summed E-state index contributed by atoms with van der Waals surface area (Å²) in [5.74, 6) is 0.369. The molecule has 0 spiro atoms. The highest BCUT2D eigenvalue weighted by atomic mass is 16.5. The van der Waals surface area contributed by atoms with Crippen LogP contribution in [0, 0.1) is 0 Å². The first-order chi connectivity index (χ1) is 13.9. The largest absolute Gasteiger partial charge is 0.492 e. The third-order valence-electron chi connectivity index (χ3n) is 4.87. The highest BCUT2D eigenvalue weighted by Crippen LogP contribution is 2.21. The van der Waals surface area contributed by atoms with Gasteiger partial charge >= 0.3 is 5.97 Å². The first kappa shape index (κ1) is 21.1. The Morgan fingerprint density at radius 1 is 1.24 bits per heavy atom. The maximum absolute atomic E-state index is 11.2. The number of unbranched alkanes of at least 4 members (excludes halogenated alkanes) is 1. The van der Waals surface area contributed by atoms with E-state index in [2.05, 4.69) is 15.8 Å². The lowest BCUT2D eigenvalue weighted by Crippen LogP contribution is -2.37. The number of carbonyl (C=O) groups is 1. The van der Waals surface area contributed by atoms with Crippen molar-refractivity contribution in [3.8, 4) is 11.5 Å². The molecular weight excluding hydrogens is 370 g/mol. The highest BCUT2D eigenvalue weighted by Gasteiger charge is 2.29. The van der Waals surface area contributed by atoms with Gasteiger partial charge in [-0.2, -0.15) is 0 Å². The van der Waals surface area contributed by atoms with E-state index in [0.29, 0.717) is 12.4 Å². The summed E-state index contributed by atoms with van der Waals surface area (Å²) in [6.07, 6.45) is 5.58. The number of aryl methyl sites for hydroxylation is 1. The van der Waals surface area contributed by atoms with E-state index in [9.17, 15) is 9.90 Å². The summed E-state index contributed by atoms with van der Waals surface area (Å²) >= 11 is 0. The summed E-state index contributed by atoms with van der Waals surface area (Å²) in [4.78, 5) is 15.7. The molecule has 1 aliphatic heterocycles. The van der Waals surface area contributed by atoms with Gasteiger partial charge in [-0.25, -0.2) is 10.2 Å². The van der Waals surface area contributed by atoms with Crippen LogP contribution in [-0.2, 0) is 11.2 Å². The number of benzene rings is 1. The van der Waals surface area contributed by atoms with Gasteiger partial charge in [-0.05, 0) is 69.4 Å². The zero-order chi connectivity index (χ0) is 20.7. The predicted octanol–water partition coefficient (Wildman–Crippen LogP) is 3.26. The molecule has 1 aromatic carbocycles. The number of carboxylic acids is 1. The fraction of sp³-hybridized carbons (Fsp3) is 0.455. The fourth-order valence-electron chi connectivity index (χ4n) is 3.11. The van der Waals surface area contributed by atoms with Gasteiger partial charge in [-0.3, -0.25) is 10.4 Å². The Morgan fingerprint density at radius 3 is 2.79 bits per heavy atom. The SMILES string of the molecule is CC(C)(Oc1cccc(CCCCOc2ccc(C3CCNN3)nc2)c1)C(=O)O. The van der Waals surface area contributed by atoms with Gasteiger partial charge in [0.1, 0.15) is 11.5 Å². The minimum atomic E-state index is -1.25. The molecule has 7 heteroatoms. The number of nitrogens with zero attached hydrogens (tertiary/aromatic N) is 1. The summed E-state index contributed by atoms with van der Waals surface area (Å²) in [5, 5.41) is 9.19. The summed E-state index contributed by atoms with van der Waals surface area (Å²) in [5.41, 5.74) is 7.20. The van der Waals surface area contributed by atoms with Crippen LogP contribution < -0.4 is 20.3 Å². The second kappa shape index (κ2) is 9.71. The second-order valence-corrected chi connectivity index (χ2v) is 7.70. The lowest BCUT2D eigenvalue weighted by atomic mass is 10.1. The molecule has 0 amide bonds. The second-order valence-electron chi connectivity index (χ2n) is 7.70. The Balaban J connectivity index is 1.39. The van der Waals surface area contributed by atoms with Crippen LogP contribution in [-0.4, -0.2) is 34.8 Å². The Hall–Kier alpha value is -2.64. The maximum Gasteiger partial charge on any atom is 0.347 e. The molecule has 0 bridgehead atoms. The van der Waals surface area contributed by atoms with Crippen LogP contribution in [0.25, 0.3) is 0 Å². The molecule has 156 valence electrons. The third kappa shape index (κ3) is 6.17. The van der Waals surface area contributed by atoms with Crippen molar-refractivity contribution < 1.29 is 19.4 Å². The van der Waals surface area contributed by atoms with Gasteiger partial charge in [0.25, 0.3) is 0 Å². The van der Waals surface area contributed by atoms with Crippen molar-refractivity contribution >= 4 is 5.97 Å². The minimum Gasteiger partial charge on any atom is -0.492 e. The average molecular weight is 399 g/mol. The van der Waals surface area contributed by atoms with Crippen LogP contribution >= 0.6 is 0 Å². The van der Waals surface area contributed by atoms with E-state index in [1.807, 2.05) is 30.3 Å². The number of aromatic nitrogens is 1. The van der Waals surface area contributed by atoms with Crippen LogP contribution in [0.3, 0.4) is 0 Å². The normalized spacial score (nSPS) is 16.6. The van der Waals surface area contributed by atoms with E-state index in [1.54, 1.807) is 26.1 Å². The molecule has 7 nitrogen and oxygen atoms in total. The van der Waals surface area contributed by atoms with Crippen LogP contribution in [0.4, 0.5) is 0 Å². The minimum absolute atomic E-state index is 0.268. The molecule has 3 N–H and O–H groups in total. The summed E-state index contributed by atoms with van der Waals surface area (Å²) in [6.45, 7) is 4.67. The quantitative estimate of drug-likeness (QED) is 0.528. The molecule has 1 saturated heterocycles. The molecule has 0 aliphatic carbocycles. The first-order valence-electron chi connectivity index (χ1n) is 10.0. The lowest BCUT2D eigenvalue weighted by Gasteiger charge is -2.21. The van der Waals surface area contributed by atoms with E-state index >= 15 is 0 Å². The number of pyridine rings is 1. The van der Waals surface area contributed by atoms with Crippen molar-refractivity contribution in [3.05, 3.63) is 53.9 Å². The molecule has 1 atom stereocenters. The molecule has 2 heterocycles. The van der Waals surface area contributed by atoms with Crippen molar-refractivity contribution in [2.75, 3.05) is 13.2 Å². The number of nitrogens with one attached hydrogen (secondary N) is 2. The molecule has 1 aromatic heterocycles. The van der Waals surface area contributed by atoms with Gasteiger partial charge in [-0.1, -0.05) is 12.1 Å². The molecule has 29 heavy (non-hydrogen) atoms. The number of ether oxygens (including phenoxy) is 2. The Labute approximate surface area is 171 Å². The number of aliphatic carboxylic acids is 1. The van der Waals surface area contributed by atoms with E-state index in [1.165, 1.54) is 0 Å². The zero-order valence-electron chi connectivity index (χ0n) is 17.0. The van der Waals surface area contributed by atoms with Crippen LogP contribution in [0.2, 0.25) is 0 Å². The Bertz CT molecular complexity index is 802. The van der Waals surface area contributed by atoms with Gasteiger partial charge in [0.05, 0.1) is 24.5 Å². The van der Waals surface area contributed by atoms with Crippen molar-refractivity contribution in [2.24, 2.45) is 0 Å². The molecule has 2 aromatic rings. The third-order valence-corrected chi connectivity index (χ3v) is 4.87. The Kier molecular flexibility index (Phi) is 7.06. The standard InChI is InChI=1S/C22H29N3O4/c1-22(2,21(26)27)29-17-8-5-7-16(14-17)6-3-4-13-28-18-9-10-19(23-15-18)20-11-12-24-25-20/h5,7-10,14-15,20,24-25H,3-4,6,11-13H2,1-2H3,(H,26,27). The topological polar surface area (TPSA) is 92.7 Å². The summed E-state index contributed by atoms with van der Waals surface area (Å²) < 4.78 is 11.4. The smallest absolute Gasteiger partial charge is 0.347 e. The van der Waals surface area contributed by atoms with Gasteiger partial charge in [0.15, 0.2) is 5.60 Å². The van der Waals surface area contributed by atoms with E-state index in [4.69, 9.17) is 9.47 Å². The highest BCUT2D eigenvalue weighted by molar-refractivity contribution is 5.76. The predicted molar refractivity (Wildman–Crippen MR) is 110 cm³/mol. The summed E-state index contributed by atoms with van der Waals surface area (Å²) in [6, 6.07) is 11.8. The van der Waals surface area contributed by atoms with E-state index in [-0.39, 0.29) is 6.04 Å². The van der Waals surface area contributed by atoms with Crippen LogP contribution in [0.5, 0.6) is 11.5 Å². The van der Waals surface area contributed by atoms with E-state index in [0.717, 1.165) is 49.2 Å². The number of carboxylic acid groups (broad SMARTS) is 1. The van der Waals surface area contributed by atoms with Gasteiger partial charge < -0.3 is 14.6 Å². The average Bonchev–Trinajstić information content (AvgIpc) is 3.23. The van der Waals surface area contributed by atoms with Gasteiger partial charge in [0.2, 0.25) is 0 Å². The number of rotatable bonds is 10. The summed E-state index contributed by atoms with van der Waals surface area (Å²) in [7, 11) is 0. The monoisotopic (exact) mass is 399 g/mol. The van der Waals surface area contributed by atoms with E-state index < -0.39 is 11.6 Å². The molecule has 3 rings (SSSR count). The molecule has 0 radical (unpaired) electrons. The number of hydrogen-bond acceptors (Lipinski definition) is 6. The van der Waals surface area contributed by atoms with Crippen molar-refractivity contribution in [1.82, 2.24) is 15.8 Å². The van der Waals surface area contributed by atoms with Gasteiger partial charge in [0, 0.05) is 6.54 Å². The Morgan fingerprint density at radius 2 is 2.10 bits per heavy atom. The van der Waals surface area contributed by atoms with Gasteiger partial charge in [-0.15, -0.1) is 0 Å². The molecule has 1 unspecified atom stereocenters. The van der Waals surface area contributed by atoms with Crippen molar-refractivity contribution in [2.45, 2.75) is 51.2 Å². The van der Waals surface area contributed by atoms with Crippen molar-refractivity contribution in [1.29, 1.82) is 0 Å². The molecule has 1 fully saturated rings.